The van der Waals surface area contributed by atoms with Crippen molar-refractivity contribution >= 4 is 11.9 Å². The fraction of sp³-hybridized carbons (Fsp3) is 0.733. The van der Waals surface area contributed by atoms with E-state index in [2.05, 4.69) is 5.32 Å². The van der Waals surface area contributed by atoms with Crippen LogP contribution in [0.1, 0.15) is 32.6 Å². The highest BCUT2D eigenvalue weighted by atomic mass is 16.6. The molecule has 2 aliphatic heterocycles. The zero-order chi connectivity index (χ0) is 15.3. The van der Waals surface area contributed by atoms with Gasteiger partial charge in [0.25, 0.3) is 0 Å². The summed E-state index contributed by atoms with van der Waals surface area (Å²) in [5.41, 5.74) is -2.47. The Morgan fingerprint density at radius 3 is 2.86 bits per heavy atom. The molecule has 0 bridgehead atoms. The molecular weight excluding hydrogens is 274 g/mol. The molecule has 2 fully saturated rings. The molecule has 21 heavy (non-hydrogen) atoms. The number of allylic oxidation sites excluding steroid dienone is 1. The topological polar surface area (TPSA) is 95.9 Å². The Morgan fingerprint density at radius 1 is 1.52 bits per heavy atom. The fourth-order valence-corrected chi connectivity index (χ4v) is 4.01. The molecule has 0 spiro atoms. The van der Waals surface area contributed by atoms with Gasteiger partial charge in [-0.25, -0.2) is 4.79 Å². The molecule has 3 aliphatic rings. The van der Waals surface area contributed by atoms with Crippen LogP contribution in [0.15, 0.2) is 12.2 Å². The predicted molar refractivity (Wildman–Crippen MR) is 73.1 cm³/mol. The third-order valence-electron chi connectivity index (χ3n) is 5.27. The number of amides is 1. The van der Waals surface area contributed by atoms with Crippen LogP contribution >= 0.6 is 0 Å². The lowest BCUT2D eigenvalue weighted by Gasteiger charge is -2.54. The molecule has 2 saturated heterocycles. The molecule has 6 heteroatoms. The highest BCUT2D eigenvalue weighted by molar-refractivity contribution is 6.01. The van der Waals surface area contributed by atoms with Crippen LogP contribution in [-0.2, 0) is 14.3 Å². The van der Waals surface area contributed by atoms with E-state index in [1.165, 1.54) is 0 Å². The van der Waals surface area contributed by atoms with Crippen molar-refractivity contribution in [3.63, 3.8) is 0 Å². The summed E-state index contributed by atoms with van der Waals surface area (Å²) in [6.45, 7) is 1.50. The van der Waals surface area contributed by atoms with Crippen LogP contribution in [-0.4, -0.2) is 45.9 Å². The van der Waals surface area contributed by atoms with Crippen LogP contribution < -0.4 is 5.32 Å². The second-order valence-electron chi connectivity index (χ2n) is 6.33. The van der Waals surface area contributed by atoms with Gasteiger partial charge in [0.05, 0.1) is 12.0 Å². The SMILES string of the molecule is C[C@@]12OC(=O)[C@@]1([C@H](O)[C@@H]1C=CCCC1)NC(=O)[C@@H]2CCO. The molecule has 0 aromatic rings. The Labute approximate surface area is 123 Å². The van der Waals surface area contributed by atoms with E-state index in [0.29, 0.717) is 0 Å². The molecule has 1 aliphatic carbocycles. The van der Waals surface area contributed by atoms with Gasteiger partial charge in [-0.15, -0.1) is 0 Å². The first kappa shape index (κ1) is 14.5. The number of ether oxygens (including phenoxy) is 1. The summed E-state index contributed by atoms with van der Waals surface area (Å²) in [5, 5.41) is 22.6. The summed E-state index contributed by atoms with van der Waals surface area (Å²) in [6, 6.07) is 0. The van der Waals surface area contributed by atoms with Crippen molar-refractivity contribution in [2.45, 2.75) is 49.9 Å². The standard InChI is InChI=1S/C15H21NO5/c1-14-10(7-8-17)12(19)16-15(14,13(20)21-14)11(18)9-5-3-2-4-6-9/h3,5,9-11,17-18H,2,4,6-8H2,1H3,(H,16,19)/t9-,10+,11-,14+,15-/m1/s1. The third kappa shape index (κ3) is 1.72. The Kier molecular flexibility index (Phi) is 3.33. The lowest BCUT2D eigenvalue weighted by atomic mass is 9.64. The fourth-order valence-electron chi connectivity index (χ4n) is 4.01. The van der Waals surface area contributed by atoms with Gasteiger partial charge in [-0.05, 0) is 32.6 Å². The monoisotopic (exact) mass is 295 g/mol. The van der Waals surface area contributed by atoms with Crippen molar-refractivity contribution in [1.82, 2.24) is 5.32 Å². The number of aliphatic hydroxyl groups excluding tert-OH is 2. The smallest absolute Gasteiger partial charge is 0.339 e. The van der Waals surface area contributed by atoms with Crippen LogP contribution in [0.3, 0.4) is 0 Å². The summed E-state index contributed by atoms with van der Waals surface area (Å²) in [4.78, 5) is 24.3. The van der Waals surface area contributed by atoms with Crippen LogP contribution in [0.5, 0.6) is 0 Å². The molecule has 0 unspecified atom stereocenters. The molecule has 3 N–H and O–H groups in total. The molecule has 0 aromatic heterocycles. The van der Waals surface area contributed by atoms with Crippen molar-refractivity contribution in [3.05, 3.63) is 12.2 Å². The second kappa shape index (κ2) is 4.81. The zero-order valence-electron chi connectivity index (χ0n) is 12.0. The molecule has 3 rings (SSSR count). The first-order valence-corrected chi connectivity index (χ1v) is 7.48. The summed E-state index contributed by atoms with van der Waals surface area (Å²) in [5.74, 6) is -1.71. The van der Waals surface area contributed by atoms with Gasteiger partial charge >= 0.3 is 5.97 Å². The molecule has 5 atom stereocenters. The van der Waals surface area contributed by atoms with Crippen LogP contribution in [0.25, 0.3) is 0 Å². The number of fused-ring (bicyclic) bond motifs is 1. The number of hydrogen-bond acceptors (Lipinski definition) is 5. The number of carbonyl (C=O) groups excluding carboxylic acids is 2. The summed E-state index contributed by atoms with van der Waals surface area (Å²) in [7, 11) is 0. The van der Waals surface area contributed by atoms with E-state index in [4.69, 9.17) is 9.84 Å². The maximum Gasteiger partial charge on any atom is 0.339 e. The second-order valence-corrected chi connectivity index (χ2v) is 6.33. The highest BCUT2D eigenvalue weighted by Gasteiger charge is 2.79. The summed E-state index contributed by atoms with van der Waals surface area (Å²) in [6.07, 6.45) is 5.82. The number of carbonyl (C=O) groups is 2. The lowest BCUT2D eigenvalue weighted by molar-refractivity contribution is -0.238. The van der Waals surface area contributed by atoms with E-state index in [9.17, 15) is 14.7 Å². The van der Waals surface area contributed by atoms with Gasteiger partial charge in [-0.2, -0.15) is 0 Å². The molecule has 0 aromatic carbocycles. The molecule has 0 radical (unpaired) electrons. The average Bonchev–Trinajstić information content (AvgIpc) is 2.65. The Hall–Kier alpha value is -1.40. The van der Waals surface area contributed by atoms with Gasteiger partial charge < -0.3 is 20.3 Å². The minimum absolute atomic E-state index is 0.166. The predicted octanol–water partition coefficient (Wildman–Crippen LogP) is -0.114. The molecule has 0 saturated carbocycles. The van der Waals surface area contributed by atoms with Crippen molar-refractivity contribution in [3.8, 4) is 0 Å². The number of aliphatic hydroxyl groups is 2. The molecule has 6 nitrogen and oxygen atoms in total. The summed E-state index contributed by atoms with van der Waals surface area (Å²) < 4.78 is 5.28. The zero-order valence-corrected chi connectivity index (χ0v) is 12.0. The molecule has 116 valence electrons. The number of hydrogen-bond donors (Lipinski definition) is 3. The maximum absolute atomic E-state index is 12.2. The van der Waals surface area contributed by atoms with Crippen LogP contribution in [0.4, 0.5) is 0 Å². The minimum Gasteiger partial charge on any atom is -0.453 e. The summed E-state index contributed by atoms with van der Waals surface area (Å²) >= 11 is 0. The Morgan fingerprint density at radius 2 is 2.29 bits per heavy atom. The average molecular weight is 295 g/mol. The number of esters is 1. The Bertz CT molecular complexity index is 504. The van der Waals surface area contributed by atoms with Crippen LogP contribution in [0, 0.1) is 11.8 Å². The maximum atomic E-state index is 12.2. The highest BCUT2D eigenvalue weighted by Crippen LogP contribution is 2.53. The lowest BCUT2D eigenvalue weighted by Crippen LogP contribution is -2.80. The first-order chi connectivity index (χ1) is 9.97. The molecule has 1 amide bonds. The van der Waals surface area contributed by atoms with Crippen molar-refractivity contribution in [2.75, 3.05) is 6.61 Å². The van der Waals surface area contributed by atoms with Crippen molar-refractivity contribution < 1.29 is 24.5 Å². The van der Waals surface area contributed by atoms with Gasteiger partial charge in [0.1, 0.15) is 0 Å². The normalized spacial score (nSPS) is 42.8. The van der Waals surface area contributed by atoms with Gasteiger partial charge in [-0.3, -0.25) is 4.79 Å². The van der Waals surface area contributed by atoms with E-state index in [1.807, 2.05) is 12.2 Å². The van der Waals surface area contributed by atoms with Gasteiger partial charge in [0, 0.05) is 12.5 Å². The van der Waals surface area contributed by atoms with E-state index < -0.39 is 29.1 Å². The van der Waals surface area contributed by atoms with Gasteiger partial charge in [0.2, 0.25) is 11.4 Å². The third-order valence-corrected chi connectivity index (χ3v) is 5.27. The number of nitrogens with one attached hydrogen (secondary N) is 1. The quantitative estimate of drug-likeness (QED) is 0.497. The van der Waals surface area contributed by atoms with Crippen molar-refractivity contribution in [2.24, 2.45) is 11.8 Å². The van der Waals surface area contributed by atoms with Gasteiger partial charge in [-0.1, -0.05) is 12.2 Å². The van der Waals surface area contributed by atoms with E-state index in [0.717, 1.165) is 19.3 Å². The minimum atomic E-state index is -1.38. The van der Waals surface area contributed by atoms with Crippen LogP contribution in [0.2, 0.25) is 0 Å². The molecular formula is C15H21NO5. The largest absolute Gasteiger partial charge is 0.453 e. The van der Waals surface area contributed by atoms with E-state index in [1.54, 1.807) is 6.92 Å². The molecule has 2 heterocycles. The first-order valence-electron chi connectivity index (χ1n) is 7.48. The Balaban J connectivity index is 1.94. The van der Waals surface area contributed by atoms with E-state index in [-0.39, 0.29) is 24.9 Å². The van der Waals surface area contributed by atoms with E-state index >= 15 is 0 Å². The van der Waals surface area contributed by atoms with Gasteiger partial charge in [0.15, 0.2) is 5.60 Å². The number of rotatable bonds is 4. The van der Waals surface area contributed by atoms with Crippen molar-refractivity contribution in [1.29, 1.82) is 0 Å².